The summed E-state index contributed by atoms with van der Waals surface area (Å²) < 4.78 is 78.4. The number of Topliss-reactive ketones (excluding diaryl/α,β-unsaturated/α-hetero) is 1. The van der Waals surface area contributed by atoms with E-state index in [1.54, 1.807) is 11.6 Å². The number of ketones is 1. The van der Waals surface area contributed by atoms with Gasteiger partial charge in [-0.2, -0.15) is 0 Å². The number of sulfonamides is 1. The number of carbonyl (C=O) groups excluding carboxylic acids is 6. The molecule has 0 radical (unpaired) electrons. The standard InChI is InChI=1S/C35H42Cl2N2O15S3/c1-9-16(3)30(41)22-11-12-25(29(37)28(22)36)50-15-26(40)51-19(6)32(43)53-21(8)34(45)54-20(7)33(44)52-18(5)31(42)39-57(48,49)27-14-23-24(38-10-2)13-17(4)56(46,47)35(23)55-27/h11-12,14,17-21,24,38H,3,9-10,13,15H2,1-2,4-8H3,(H,39,42)/t17-,18?,19?,20?,21?,24-/m0/s1. The maximum atomic E-state index is 13.1. The molecule has 1 aromatic heterocycles. The lowest BCUT2D eigenvalue weighted by Crippen LogP contribution is -2.41. The minimum Gasteiger partial charge on any atom is -0.480 e. The second-order valence-electron chi connectivity index (χ2n) is 12.7. The van der Waals surface area contributed by atoms with Gasteiger partial charge in [-0.1, -0.05) is 43.6 Å². The zero-order valence-corrected chi connectivity index (χ0v) is 35.8. The fourth-order valence-corrected chi connectivity index (χ4v) is 10.5. The molecule has 0 saturated heterocycles. The molecule has 0 saturated carbocycles. The number of hydrogen-bond acceptors (Lipinski definition) is 17. The van der Waals surface area contributed by atoms with Crippen molar-refractivity contribution in [1.29, 1.82) is 0 Å². The minimum absolute atomic E-state index is 0.0549. The molecule has 2 N–H and O–H groups in total. The second-order valence-corrected chi connectivity index (χ2v) is 18.9. The third-order valence-electron chi connectivity index (χ3n) is 8.32. The maximum absolute atomic E-state index is 13.1. The van der Waals surface area contributed by atoms with Crippen molar-refractivity contribution in [2.75, 3.05) is 13.2 Å². The van der Waals surface area contributed by atoms with Crippen LogP contribution >= 0.6 is 34.5 Å². The van der Waals surface area contributed by atoms with Gasteiger partial charge in [0, 0.05) is 17.2 Å². The molecule has 0 bridgehead atoms. The predicted octanol–water partition coefficient (Wildman–Crippen LogP) is 4.03. The van der Waals surface area contributed by atoms with E-state index in [-0.39, 0.29) is 37.6 Å². The number of nitrogens with one attached hydrogen (secondary N) is 2. The molecule has 0 aliphatic carbocycles. The SMILES string of the molecule is C=C(CC)C(=O)c1ccc(OCC(=O)OC(C)C(=O)OC(C)C(=O)OC(C)C(=O)OC(C)C(=O)NS(=O)(=O)c2cc3c(s2)S(=O)(=O)[C@@H](C)C[C@@H]3NCC)c(Cl)c1Cl. The summed E-state index contributed by atoms with van der Waals surface area (Å²) in [7, 11) is -8.41. The second kappa shape index (κ2) is 19.6. The number of halogens is 2. The van der Waals surface area contributed by atoms with Crippen LogP contribution in [0, 0.1) is 0 Å². The van der Waals surface area contributed by atoms with Crippen LogP contribution in [0.5, 0.6) is 5.75 Å². The fraction of sp³-hybridized carbons (Fsp3) is 0.486. The number of ether oxygens (including phenoxy) is 5. The van der Waals surface area contributed by atoms with E-state index in [0.29, 0.717) is 29.9 Å². The number of fused-ring (bicyclic) bond motifs is 1. The first kappa shape index (κ1) is 47.3. The van der Waals surface area contributed by atoms with E-state index in [9.17, 15) is 45.6 Å². The summed E-state index contributed by atoms with van der Waals surface area (Å²) in [6.07, 6.45) is -5.96. The van der Waals surface area contributed by atoms with Crippen LogP contribution < -0.4 is 14.8 Å². The third kappa shape index (κ3) is 11.5. The Morgan fingerprint density at radius 1 is 0.895 bits per heavy atom. The van der Waals surface area contributed by atoms with E-state index < -0.39 is 102 Å². The van der Waals surface area contributed by atoms with Gasteiger partial charge in [0.05, 0.1) is 10.3 Å². The number of amides is 1. The zero-order valence-electron chi connectivity index (χ0n) is 31.8. The van der Waals surface area contributed by atoms with Crippen molar-refractivity contribution in [2.45, 2.75) is 105 Å². The molecule has 1 aliphatic heterocycles. The van der Waals surface area contributed by atoms with Crippen LogP contribution in [0.2, 0.25) is 10.0 Å². The first-order valence-corrected chi connectivity index (χ1v) is 21.9. The van der Waals surface area contributed by atoms with E-state index in [2.05, 4.69) is 11.9 Å². The molecule has 4 unspecified atom stereocenters. The van der Waals surface area contributed by atoms with Crippen LogP contribution in [-0.4, -0.2) is 95.2 Å². The molecule has 22 heteroatoms. The molecule has 17 nitrogen and oxygen atoms in total. The Balaban J connectivity index is 1.49. The van der Waals surface area contributed by atoms with Gasteiger partial charge in [-0.25, -0.2) is 40.7 Å². The van der Waals surface area contributed by atoms with Gasteiger partial charge < -0.3 is 29.0 Å². The molecule has 0 fully saturated rings. The van der Waals surface area contributed by atoms with Gasteiger partial charge in [-0.3, -0.25) is 9.59 Å². The molecule has 1 aromatic carbocycles. The van der Waals surface area contributed by atoms with Crippen molar-refractivity contribution in [1.82, 2.24) is 10.0 Å². The summed E-state index contributed by atoms with van der Waals surface area (Å²) >= 11 is 12.9. The van der Waals surface area contributed by atoms with Gasteiger partial charge in [-0.05, 0) is 77.8 Å². The Hall–Kier alpha value is -4.08. The summed E-state index contributed by atoms with van der Waals surface area (Å²) in [6, 6.07) is 3.42. The molecule has 3 rings (SSSR count). The van der Waals surface area contributed by atoms with Crippen molar-refractivity contribution in [3.8, 4) is 5.75 Å². The summed E-state index contributed by atoms with van der Waals surface area (Å²) in [5.74, 6) is -6.46. The normalized spacial score (nSPS) is 18.1. The fourth-order valence-electron chi connectivity index (χ4n) is 4.98. The average molecular weight is 898 g/mol. The zero-order chi connectivity index (χ0) is 43.2. The molecule has 6 atom stereocenters. The maximum Gasteiger partial charge on any atom is 0.347 e. The monoisotopic (exact) mass is 896 g/mol. The number of thiophene rings is 1. The predicted molar refractivity (Wildman–Crippen MR) is 205 cm³/mol. The number of sulfone groups is 1. The minimum atomic E-state index is -4.60. The average Bonchev–Trinajstić information content (AvgIpc) is 3.62. The number of allylic oxidation sites excluding steroid dienone is 1. The first-order chi connectivity index (χ1) is 26.5. The van der Waals surface area contributed by atoms with Gasteiger partial charge >= 0.3 is 23.9 Å². The molecule has 2 aromatic rings. The largest absolute Gasteiger partial charge is 0.480 e. The van der Waals surface area contributed by atoms with Gasteiger partial charge in [0.15, 0.2) is 46.6 Å². The van der Waals surface area contributed by atoms with Crippen LogP contribution in [0.3, 0.4) is 0 Å². The molecule has 314 valence electrons. The Kier molecular flexibility index (Phi) is 16.2. The van der Waals surface area contributed by atoms with Crippen LogP contribution in [-0.2, 0) is 62.8 Å². The molecule has 2 heterocycles. The lowest BCUT2D eigenvalue weighted by atomic mass is 10.0. The van der Waals surface area contributed by atoms with Crippen molar-refractivity contribution in [3.05, 3.63) is 51.5 Å². The van der Waals surface area contributed by atoms with Crippen LogP contribution in [0.15, 0.2) is 38.8 Å². The Labute approximate surface area is 343 Å². The molecule has 0 spiro atoms. The first-order valence-electron chi connectivity index (χ1n) is 17.3. The third-order valence-corrected chi connectivity index (χ3v) is 14.9. The summed E-state index contributed by atoms with van der Waals surface area (Å²) in [5, 5.41) is 2.10. The number of rotatable bonds is 18. The van der Waals surface area contributed by atoms with Gasteiger partial charge in [-0.15, -0.1) is 11.3 Å². The van der Waals surface area contributed by atoms with E-state index in [4.69, 9.17) is 46.9 Å². The summed E-state index contributed by atoms with van der Waals surface area (Å²) in [4.78, 5) is 75.2. The lowest BCUT2D eigenvalue weighted by Gasteiger charge is -2.27. The quantitative estimate of drug-likeness (QED) is 0.0929. The summed E-state index contributed by atoms with van der Waals surface area (Å²) in [5.41, 5.74) is 0.669. The number of hydrogen-bond donors (Lipinski definition) is 2. The number of esters is 4. The van der Waals surface area contributed by atoms with Crippen LogP contribution in [0.1, 0.15) is 83.3 Å². The smallest absolute Gasteiger partial charge is 0.347 e. The van der Waals surface area contributed by atoms with E-state index in [0.717, 1.165) is 27.7 Å². The van der Waals surface area contributed by atoms with Crippen LogP contribution in [0.4, 0.5) is 0 Å². The topological polar surface area (TPSA) is 241 Å². The van der Waals surface area contributed by atoms with E-state index in [1.807, 2.05) is 6.92 Å². The molecule has 1 aliphatic rings. The van der Waals surface area contributed by atoms with E-state index >= 15 is 0 Å². The Morgan fingerprint density at radius 3 is 1.98 bits per heavy atom. The van der Waals surface area contributed by atoms with Gasteiger partial charge in [0.25, 0.3) is 15.9 Å². The van der Waals surface area contributed by atoms with Crippen molar-refractivity contribution < 1.29 is 69.3 Å². The van der Waals surface area contributed by atoms with Crippen molar-refractivity contribution >= 4 is 90.0 Å². The van der Waals surface area contributed by atoms with Crippen LogP contribution in [0.25, 0.3) is 0 Å². The molecule has 57 heavy (non-hydrogen) atoms. The molecular weight excluding hydrogens is 855 g/mol. The highest BCUT2D eigenvalue weighted by Crippen LogP contribution is 2.43. The van der Waals surface area contributed by atoms with Gasteiger partial charge in [0.1, 0.15) is 19.2 Å². The Morgan fingerprint density at radius 2 is 1.44 bits per heavy atom. The lowest BCUT2D eigenvalue weighted by molar-refractivity contribution is -0.183. The van der Waals surface area contributed by atoms with Crippen molar-refractivity contribution in [2.24, 2.45) is 0 Å². The Bertz CT molecular complexity index is 2150. The van der Waals surface area contributed by atoms with Gasteiger partial charge in [0.2, 0.25) is 0 Å². The molecule has 1 amide bonds. The number of carbonyl (C=O) groups is 6. The highest BCUT2D eigenvalue weighted by molar-refractivity contribution is 7.95. The van der Waals surface area contributed by atoms with E-state index in [1.165, 1.54) is 25.1 Å². The highest BCUT2D eigenvalue weighted by atomic mass is 35.5. The highest BCUT2D eigenvalue weighted by Gasteiger charge is 2.40. The van der Waals surface area contributed by atoms with Crippen molar-refractivity contribution in [3.63, 3.8) is 0 Å². The summed E-state index contributed by atoms with van der Waals surface area (Å²) in [6.45, 7) is 12.9. The molecular formula is C35H42Cl2N2O15S3. The number of benzene rings is 1.